The lowest BCUT2D eigenvalue weighted by Gasteiger charge is -2.12. The second-order valence-corrected chi connectivity index (χ2v) is 4.58. The Morgan fingerprint density at radius 2 is 1.67 bits per heavy atom. The number of hydrogen-bond donors (Lipinski definition) is 1. The van der Waals surface area contributed by atoms with E-state index in [0.29, 0.717) is 23.6 Å². The topological polar surface area (TPSA) is 30.5 Å². The molecule has 21 heavy (non-hydrogen) atoms. The third kappa shape index (κ3) is 4.16. The molecule has 0 saturated carbocycles. The van der Waals surface area contributed by atoms with Gasteiger partial charge in [0.2, 0.25) is 0 Å². The Morgan fingerprint density at radius 3 is 2.29 bits per heavy atom. The Bertz CT molecular complexity index is 597. The highest BCUT2D eigenvalue weighted by Gasteiger charge is 2.07. The highest BCUT2D eigenvalue weighted by atomic mass is 19.1. The molecule has 0 saturated heterocycles. The smallest absolute Gasteiger partial charge is 0.161 e. The molecule has 0 amide bonds. The van der Waals surface area contributed by atoms with Crippen molar-refractivity contribution in [1.29, 1.82) is 0 Å². The predicted molar refractivity (Wildman–Crippen MR) is 76.4 cm³/mol. The van der Waals surface area contributed by atoms with Gasteiger partial charge in [-0.15, -0.1) is 0 Å². The molecular weight excluding hydrogens is 276 g/mol. The molecule has 2 aromatic carbocycles. The minimum atomic E-state index is -0.621. The van der Waals surface area contributed by atoms with E-state index in [0.717, 1.165) is 11.6 Å². The maximum Gasteiger partial charge on any atom is 0.161 e. The molecule has 0 aliphatic carbocycles. The van der Waals surface area contributed by atoms with Crippen LogP contribution in [0.5, 0.6) is 11.5 Å². The highest BCUT2D eigenvalue weighted by Crippen LogP contribution is 2.29. The maximum atomic E-state index is 13.1. The molecule has 0 aromatic heterocycles. The van der Waals surface area contributed by atoms with Gasteiger partial charge in [0.15, 0.2) is 11.5 Å². The molecule has 2 aromatic rings. The summed E-state index contributed by atoms with van der Waals surface area (Å²) in [5, 5.41) is 3.04. The summed E-state index contributed by atoms with van der Waals surface area (Å²) in [7, 11) is 3.39. The summed E-state index contributed by atoms with van der Waals surface area (Å²) in [6.07, 6.45) is 0. The van der Waals surface area contributed by atoms with Crippen molar-refractivity contribution in [1.82, 2.24) is 5.32 Å². The highest BCUT2D eigenvalue weighted by molar-refractivity contribution is 5.43. The van der Waals surface area contributed by atoms with Crippen LogP contribution >= 0.6 is 0 Å². The summed E-state index contributed by atoms with van der Waals surface area (Å²) in [5.74, 6) is -0.129. The zero-order valence-corrected chi connectivity index (χ0v) is 12.0. The quantitative estimate of drug-likeness (QED) is 0.886. The third-order valence-corrected chi connectivity index (χ3v) is 2.93. The summed E-state index contributed by atoms with van der Waals surface area (Å²) < 4.78 is 37.1. The number of rotatable bonds is 6. The van der Waals surface area contributed by atoms with E-state index in [1.54, 1.807) is 13.2 Å². The van der Waals surface area contributed by atoms with Crippen LogP contribution in [0.15, 0.2) is 36.4 Å². The van der Waals surface area contributed by atoms with Crippen molar-refractivity contribution in [2.75, 3.05) is 14.2 Å². The van der Waals surface area contributed by atoms with Gasteiger partial charge >= 0.3 is 0 Å². The Morgan fingerprint density at radius 1 is 0.952 bits per heavy atom. The van der Waals surface area contributed by atoms with Crippen LogP contribution in [0.1, 0.15) is 11.1 Å². The lowest BCUT2D eigenvalue weighted by Crippen LogP contribution is -2.06. The fourth-order valence-electron chi connectivity index (χ4n) is 2.00. The van der Waals surface area contributed by atoms with E-state index in [2.05, 4.69) is 5.32 Å². The van der Waals surface area contributed by atoms with Gasteiger partial charge in [-0.2, -0.15) is 0 Å². The van der Waals surface area contributed by atoms with Gasteiger partial charge in [0, 0.05) is 12.6 Å². The average Bonchev–Trinajstić information content (AvgIpc) is 2.45. The van der Waals surface area contributed by atoms with Crippen molar-refractivity contribution >= 4 is 0 Å². The molecule has 112 valence electrons. The largest absolute Gasteiger partial charge is 0.493 e. The molecule has 5 heteroatoms. The van der Waals surface area contributed by atoms with E-state index in [1.807, 2.05) is 19.2 Å². The number of hydrogen-bond acceptors (Lipinski definition) is 3. The van der Waals surface area contributed by atoms with E-state index < -0.39 is 11.6 Å². The fraction of sp³-hybridized carbons (Fsp3) is 0.250. The van der Waals surface area contributed by atoms with Gasteiger partial charge < -0.3 is 14.8 Å². The molecular formula is C16H17F2NO2. The number of benzene rings is 2. The minimum absolute atomic E-state index is 0.0635. The molecule has 0 bridgehead atoms. The second-order valence-electron chi connectivity index (χ2n) is 4.58. The van der Waals surface area contributed by atoms with Crippen LogP contribution in [0.25, 0.3) is 0 Å². The van der Waals surface area contributed by atoms with Gasteiger partial charge in [-0.05, 0) is 42.4 Å². The number of nitrogens with one attached hydrogen (secondary N) is 1. The van der Waals surface area contributed by atoms with E-state index in [9.17, 15) is 8.78 Å². The van der Waals surface area contributed by atoms with Crippen molar-refractivity contribution in [3.63, 3.8) is 0 Å². The van der Waals surface area contributed by atoms with E-state index in [4.69, 9.17) is 9.47 Å². The van der Waals surface area contributed by atoms with Gasteiger partial charge in [0.05, 0.1) is 7.11 Å². The van der Waals surface area contributed by atoms with Crippen LogP contribution in [0.2, 0.25) is 0 Å². The number of ether oxygens (including phenoxy) is 2. The van der Waals surface area contributed by atoms with Crippen LogP contribution in [-0.2, 0) is 13.2 Å². The third-order valence-electron chi connectivity index (χ3n) is 2.93. The van der Waals surface area contributed by atoms with E-state index in [-0.39, 0.29) is 6.61 Å². The molecule has 0 unspecified atom stereocenters. The van der Waals surface area contributed by atoms with Gasteiger partial charge in [-0.1, -0.05) is 6.07 Å². The first-order chi connectivity index (χ1) is 10.1. The molecule has 2 rings (SSSR count). The molecule has 0 spiro atoms. The Kier molecular flexibility index (Phi) is 5.11. The second kappa shape index (κ2) is 7.04. The van der Waals surface area contributed by atoms with Crippen molar-refractivity contribution in [2.45, 2.75) is 13.2 Å². The van der Waals surface area contributed by atoms with Crippen LogP contribution in [0.3, 0.4) is 0 Å². The molecule has 1 N–H and O–H groups in total. The lowest BCUT2D eigenvalue weighted by molar-refractivity contribution is 0.283. The average molecular weight is 293 g/mol. The van der Waals surface area contributed by atoms with Gasteiger partial charge in [-0.25, -0.2) is 8.78 Å². The number of methoxy groups -OCH3 is 1. The molecule has 0 heterocycles. The minimum Gasteiger partial charge on any atom is -0.493 e. The summed E-state index contributed by atoms with van der Waals surface area (Å²) in [6, 6.07) is 8.88. The summed E-state index contributed by atoms with van der Waals surface area (Å²) in [4.78, 5) is 0. The zero-order chi connectivity index (χ0) is 15.2. The van der Waals surface area contributed by atoms with Crippen LogP contribution in [-0.4, -0.2) is 14.2 Å². The first-order valence-electron chi connectivity index (χ1n) is 6.51. The van der Waals surface area contributed by atoms with Crippen LogP contribution in [0, 0.1) is 11.6 Å². The van der Waals surface area contributed by atoms with Crippen molar-refractivity contribution in [3.05, 3.63) is 59.2 Å². The molecule has 0 radical (unpaired) electrons. The van der Waals surface area contributed by atoms with E-state index >= 15 is 0 Å². The molecule has 0 aliphatic rings. The SMILES string of the molecule is CNCc1ccc(OC)c(OCc2cc(F)cc(F)c2)c1. The molecule has 0 aliphatic heterocycles. The Balaban J connectivity index is 2.15. The Hall–Kier alpha value is -2.14. The Labute approximate surface area is 122 Å². The molecule has 0 fully saturated rings. The van der Waals surface area contributed by atoms with Crippen molar-refractivity contribution < 1.29 is 18.3 Å². The summed E-state index contributed by atoms with van der Waals surface area (Å²) in [6.45, 7) is 0.753. The van der Waals surface area contributed by atoms with Crippen LogP contribution in [0.4, 0.5) is 8.78 Å². The van der Waals surface area contributed by atoms with Crippen molar-refractivity contribution in [3.8, 4) is 11.5 Å². The van der Waals surface area contributed by atoms with Crippen molar-refractivity contribution in [2.24, 2.45) is 0 Å². The lowest BCUT2D eigenvalue weighted by atomic mass is 10.2. The molecule has 3 nitrogen and oxygen atoms in total. The first-order valence-corrected chi connectivity index (χ1v) is 6.51. The molecule has 0 atom stereocenters. The van der Waals surface area contributed by atoms with Gasteiger partial charge in [0.1, 0.15) is 18.2 Å². The van der Waals surface area contributed by atoms with Crippen LogP contribution < -0.4 is 14.8 Å². The first kappa shape index (κ1) is 15.3. The number of halogens is 2. The predicted octanol–water partition coefficient (Wildman–Crippen LogP) is 3.27. The maximum absolute atomic E-state index is 13.1. The fourth-order valence-corrected chi connectivity index (χ4v) is 2.00. The van der Waals surface area contributed by atoms with Gasteiger partial charge in [-0.3, -0.25) is 0 Å². The summed E-state index contributed by atoms with van der Waals surface area (Å²) >= 11 is 0. The van der Waals surface area contributed by atoms with Gasteiger partial charge in [0.25, 0.3) is 0 Å². The summed E-state index contributed by atoms with van der Waals surface area (Å²) in [5.41, 5.74) is 1.45. The standard InChI is InChI=1S/C16H17F2NO2/c1-19-9-11-3-4-15(20-2)16(7-11)21-10-12-5-13(17)8-14(18)6-12/h3-8,19H,9-10H2,1-2H3. The monoisotopic (exact) mass is 293 g/mol. The zero-order valence-electron chi connectivity index (χ0n) is 12.0. The normalized spacial score (nSPS) is 10.5. The van der Waals surface area contributed by atoms with E-state index in [1.165, 1.54) is 12.1 Å².